The van der Waals surface area contributed by atoms with Gasteiger partial charge in [-0.15, -0.1) is 0 Å². The molecule has 2 aliphatic rings. The van der Waals surface area contributed by atoms with Crippen molar-refractivity contribution >= 4 is 11.6 Å². The van der Waals surface area contributed by atoms with Crippen LogP contribution < -0.4 is 4.74 Å². The predicted octanol–water partition coefficient (Wildman–Crippen LogP) is 2.72. The Labute approximate surface area is 191 Å². The molecule has 6 nitrogen and oxygen atoms in total. The molecule has 2 fully saturated rings. The minimum absolute atomic E-state index is 0.0688. The van der Waals surface area contributed by atoms with Crippen molar-refractivity contribution in [2.24, 2.45) is 0 Å². The van der Waals surface area contributed by atoms with Crippen LogP contribution in [-0.4, -0.2) is 63.7 Å². The van der Waals surface area contributed by atoms with E-state index in [9.17, 15) is 24.8 Å². The SMILES string of the molecule is OC[C@H]1O[C@@H](c2ccc(Cl)c(Cc3ccc(OCC4(F)CCC4)cc3)c2)[C@H](O)[C@@H](O)[C@@H]1O. The van der Waals surface area contributed by atoms with Gasteiger partial charge in [0.2, 0.25) is 0 Å². The number of aliphatic hydroxyl groups excluding tert-OH is 4. The van der Waals surface area contributed by atoms with Crippen molar-refractivity contribution < 1.29 is 34.3 Å². The van der Waals surface area contributed by atoms with Crippen molar-refractivity contribution in [2.45, 2.75) is 61.9 Å². The first-order chi connectivity index (χ1) is 15.3. The van der Waals surface area contributed by atoms with Crippen molar-refractivity contribution in [3.05, 3.63) is 64.2 Å². The molecule has 0 unspecified atom stereocenters. The van der Waals surface area contributed by atoms with Gasteiger partial charge in [-0.25, -0.2) is 4.39 Å². The Morgan fingerprint density at radius 3 is 2.38 bits per heavy atom. The minimum Gasteiger partial charge on any atom is -0.490 e. The molecule has 0 bridgehead atoms. The predicted molar refractivity (Wildman–Crippen MR) is 117 cm³/mol. The Morgan fingerprint density at radius 1 is 1.03 bits per heavy atom. The lowest BCUT2D eigenvalue weighted by molar-refractivity contribution is -0.231. The summed E-state index contributed by atoms with van der Waals surface area (Å²) in [6, 6.07) is 12.5. The van der Waals surface area contributed by atoms with Gasteiger partial charge in [-0.05, 0) is 60.6 Å². The first-order valence-electron chi connectivity index (χ1n) is 10.8. The summed E-state index contributed by atoms with van der Waals surface area (Å²) >= 11 is 6.38. The quantitative estimate of drug-likeness (QED) is 0.501. The van der Waals surface area contributed by atoms with E-state index >= 15 is 0 Å². The second kappa shape index (κ2) is 9.63. The molecule has 1 heterocycles. The number of alkyl halides is 1. The lowest BCUT2D eigenvalue weighted by atomic mass is 9.83. The Bertz CT molecular complexity index is 917. The average molecular weight is 467 g/mol. The molecule has 1 saturated carbocycles. The largest absolute Gasteiger partial charge is 0.490 e. The molecule has 0 radical (unpaired) electrons. The number of ether oxygens (including phenoxy) is 2. The van der Waals surface area contributed by atoms with Gasteiger partial charge < -0.3 is 29.9 Å². The summed E-state index contributed by atoms with van der Waals surface area (Å²) in [5.74, 6) is 0.610. The van der Waals surface area contributed by atoms with Gasteiger partial charge in [0.1, 0.15) is 48.5 Å². The van der Waals surface area contributed by atoms with E-state index in [-0.39, 0.29) is 6.61 Å². The molecule has 1 aliphatic carbocycles. The van der Waals surface area contributed by atoms with E-state index in [1.807, 2.05) is 12.1 Å². The van der Waals surface area contributed by atoms with Crippen molar-refractivity contribution in [1.82, 2.24) is 0 Å². The number of hydrogen-bond donors (Lipinski definition) is 4. The lowest BCUT2D eigenvalue weighted by Gasteiger charge is -2.40. The Kier molecular flexibility index (Phi) is 7.05. The third kappa shape index (κ3) is 4.93. The van der Waals surface area contributed by atoms with Gasteiger partial charge in [-0.3, -0.25) is 0 Å². The van der Waals surface area contributed by atoms with Crippen LogP contribution in [0.5, 0.6) is 5.75 Å². The highest BCUT2D eigenvalue weighted by Gasteiger charge is 2.44. The van der Waals surface area contributed by atoms with E-state index in [1.54, 1.807) is 30.3 Å². The summed E-state index contributed by atoms with van der Waals surface area (Å²) in [6.07, 6.45) is -3.60. The third-order valence-corrected chi connectivity index (χ3v) is 6.72. The molecular formula is C24H28ClFO6. The van der Waals surface area contributed by atoms with Gasteiger partial charge in [0.25, 0.3) is 0 Å². The van der Waals surface area contributed by atoms with Crippen molar-refractivity contribution in [2.75, 3.05) is 13.2 Å². The number of hydrogen-bond acceptors (Lipinski definition) is 6. The third-order valence-electron chi connectivity index (χ3n) is 6.36. The molecule has 0 amide bonds. The lowest BCUT2D eigenvalue weighted by Crippen LogP contribution is -2.55. The van der Waals surface area contributed by atoms with E-state index in [1.165, 1.54) is 0 Å². The van der Waals surface area contributed by atoms with Gasteiger partial charge in [-0.1, -0.05) is 35.9 Å². The monoisotopic (exact) mass is 466 g/mol. The van der Waals surface area contributed by atoms with Gasteiger partial charge in [0, 0.05) is 5.02 Å². The molecule has 2 aromatic rings. The fourth-order valence-corrected chi connectivity index (χ4v) is 4.31. The van der Waals surface area contributed by atoms with Crippen LogP contribution in [0.2, 0.25) is 5.02 Å². The van der Waals surface area contributed by atoms with Gasteiger partial charge >= 0.3 is 0 Å². The van der Waals surface area contributed by atoms with Crippen molar-refractivity contribution in [3.8, 4) is 5.75 Å². The second-order valence-electron chi connectivity index (χ2n) is 8.71. The average Bonchev–Trinajstić information content (AvgIpc) is 2.77. The van der Waals surface area contributed by atoms with Gasteiger partial charge in [0.05, 0.1) is 6.61 Å². The molecule has 32 heavy (non-hydrogen) atoms. The molecule has 1 saturated heterocycles. The number of aliphatic hydroxyl groups is 4. The van der Waals surface area contributed by atoms with Crippen LogP contribution in [0.1, 0.15) is 42.1 Å². The van der Waals surface area contributed by atoms with Crippen LogP contribution >= 0.6 is 11.6 Å². The van der Waals surface area contributed by atoms with Gasteiger partial charge in [0.15, 0.2) is 0 Å². The summed E-state index contributed by atoms with van der Waals surface area (Å²) in [6.45, 7) is -0.418. The van der Waals surface area contributed by atoms with Crippen LogP contribution in [0, 0.1) is 0 Å². The van der Waals surface area contributed by atoms with Crippen LogP contribution in [0.4, 0.5) is 4.39 Å². The number of rotatable bonds is 7. The fraction of sp³-hybridized carbons (Fsp3) is 0.500. The zero-order chi connectivity index (χ0) is 22.9. The first-order valence-corrected chi connectivity index (χ1v) is 11.2. The number of benzene rings is 2. The molecule has 0 aromatic heterocycles. The van der Waals surface area contributed by atoms with Crippen LogP contribution in [-0.2, 0) is 11.2 Å². The summed E-state index contributed by atoms with van der Waals surface area (Å²) in [5.41, 5.74) is 1.13. The van der Waals surface area contributed by atoms with Crippen LogP contribution in [0.3, 0.4) is 0 Å². The Hall–Kier alpha value is -1.74. The van der Waals surface area contributed by atoms with E-state index in [2.05, 4.69) is 0 Å². The topological polar surface area (TPSA) is 99.4 Å². The summed E-state index contributed by atoms with van der Waals surface area (Å²) < 4.78 is 25.3. The summed E-state index contributed by atoms with van der Waals surface area (Å²) in [5, 5.41) is 40.4. The normalized spacial score (nSPS) is 29.4. The molecule has 1 aliphatic heterocycles. The minimum atomic E-state index is -1.44. The van der Waals surface area contributed by atoms with E-state index < -0.39 is 42.8 Å². The molecule has 5 atom stereocenters. The second-order valence-corrected chi connectivity index (χ2v) is 9.12. The summed E-state index contributed by atoms with van der Waals surface area (Å²) in [7, 11) is 0. The highest BCUT2D eigenvalue weighted by atomic mass is 35.5. The zero-order valence-corrected chi connectivity index (χ0v) is 18.3. The number of halogens is 2. The molecule has 0 spiro atoms. The van der Waals surface area contributed by atoms with Crippen LogP contribution in [0.15, 0.2) is 42.5 Å². The molecule has 4 rings (SSSR count). The highest BCUT2D eigenvalue weighted by Crippen LogP contribution is 2.37. The Balaban J connectivity index is 1.46. The zero-order valence-electron chi connectivity index (χ0n) is 17.5. The maximum absolute atomic E-state index is 14.1. The molecule has 4 N–H and O–H groups in total. The smallest absolute Gasteiger partial charge is 0.144 e. The Morgan fingerprint density at radius 2 is 1.75 bits per heavy atom. The van der Waals surface area contributed by atoms with Gasteiger partial charge in [-0.2, -0.15) is 0 Å². The molecule has 174 valence electrons. The maximum atomic E-state index is 14.1. The standard InChI is InChI=1S/C24H28ClFO6/c25-18-7-4-15(23-22(30)21(29)20(28)19(12-27)32-23)11-16(18)10-14-2-5-17(6-3-14)31-13-24(26)8-1-9-24/h2-7,11,19-23,27-30H,1,8-10,12-13H2/t19-,20-,21+,22-,23+/m1/s1. The molecule has 8 heteroatoms. The first kappa shape index (κ1) is 23.4. The summed E-state index contributed by atoms with van der Waals surface area (Å²) in [4.78, 5) is 0. The molecule has 2 aromatic carbocycles. The van der Waals surface area contributed by atoms with E-state index in [4.69, 9.17) is 21.1 Å². The van der Waals surface area contributed by atoms with Crippen molar-refractivity contribution in [3.63, 3.8) is 0 Å². The maximum Gasteiger partial charge on any atom is 0.144 e. The highest BCUT2D eigenvalue weighted by molar-refractivity contribution is 6.31. The fourth-order valence-electron chi connectivity index (χ4n) is 4.13. The van der Waals surface area contributed by atoms with Crippen LogP contribution in [0.25, 0.3) is 0 Å². The van der Waals surface area contributed by atoms with Crippen molar-refractivity contribution in [1.29, 1.82) is 0 Å². The van der Waals surface area contributed by atoms with E-state index in [0.717, 1.165) is 17.5 Å². The molecular weight excluding hydrogens is 439 g/mol. The van der Waals surface area contributed by atoms with E-state index in [0.29, 0.717) is 35.6 Å².